The number of aromatic nitrogens is 1. The molecule has 0 unspecified atom stereocenters. The van der Waals surface area contributed by atoms with E-state index in [1.54, 1.807) is 12.1 Å². The van der Waals surface area contributed by atoms with Crippen molar-refractivity contribution in [3.63, 3.8) is 0 Å². The topological polar surface area (TPSA) is 54.3 Å². The van der Waals surface area contributed by atoms with Gasteiger partial charge in [-0.2, -0.15) is 0 Å². The van der Waals surface area contributed by atoms with Crippen LogP contribution in [-0.2, 0) is 11.3 Å². The summed E-state index contributed by atoms with van der Waals surface area (Å²) in [6.45, 7) is 4.39. The number of rotatable bonds is 5. The number of amides is 2. The van der Waals surface area contributed by atoms with Crippen molar-refractivity contribution in [2.45, 2.75) is 39.2 Å². The Kier molecular flexibility index (Phi) is 6.51. The van der Waals surface area contributed by atoms with Crippen LogP contribution in [0.15, 0.2) is 66.5 Å². The van der Waals surface area contributed by atoms with Gasteiger partial charge in [-0.25, -0.2) is 0 Å². The molecular formula is C26H29N3O2. The van der Waals surface area contributed by atoms with Crippen molar-refractivity contribution in [1.29, 1.82) is 0 Å². The number of aryl methyl sites for hydroxylation is 1. The van der Waals surface area contributed by atoms with E-state index in [1.165, 1.54) is 0 Å². The zero-order valence-corrected chi connectivity index (χ0v) is 18.0. The summed E-state index contributed by atoms with van der Waals surface area (Å²) in [7, 11) is 0. The second-order valence-electron chi connectivity index (χ2n) is 7.97. The number of likely N-dealkylation sites (tertiary alicyclic amines) is 1. The predicted molar refractivity (Wildman–Crippen MR) is 125 cm³/mol. The molecule has 1 saturated heterocycles. The summed E-state index contributed by atoms with van der Waals surface area (Å²) in [6, 6.07) is 17.2. The van der Waals surface area contributed by atoms with Crippen molar-refractivity contribution in [3.05, 3.63) is 77.6 Å². The number of para-hydroxylation sites is 1. The van der Waals surface area contributed by atoms with Crippen LogP contribution >= 0.6 is 0 Å². The lowest BCUT2D eigenvalue weighted by Crippen LogP contribution is -2.39. The molecule has 2 heterocycles. The van der Waals surface area contributed by atoms with Gasteiger partial charge >= 0.3 is 0 Å². The monoisotopic (exact) mass is 415 g/mol. The molecule has 1 aliphatic rings. The van der Waals surface area contributed by atoms with Crippen LogP contribution in [0.1, 0.15) is 48.5 Å². The van der Waals surface area contributed by atoms with Crippen LogP contribution in [-0.4, -0.2) is 34.4 Å². The van der Waals surface area contributed by atoms with E-state index >= 15 is 0 Å². The van der Waals surface area contributed by atoms with Gasteiger partial charge in [0, 0.05) is 47.9 Å². The first-order valence-corrected chi connectivity index (χ1v) is 11.1. The van der Waals surface area contributed by atoms with Gasteiger partial charge in [0.15, 0.2) is 0 Å². The van der Waals surface area contributed by atoms with Gasteiger partial charge in [-0.1, -0.05) is 49.2 Å². The lowest BCUT2D eigenvalue weighted by Gasteiger charge is -2.22. The molecule has 0 bridgehead atoms. The normalized spacial score (nSPS) is 15.0. The highest BCUT2D eigenvalue weighted by molar-refractivity contribution is 6.06. The van der Waals surface area contributed by atoms with Gasteiger partial charge in [0.25, 0.3) is 11.8 Å². The molecule has 5 heteroatoms. The summed E-state index contributed by atoms with van der Waals surface area (Å²) in [4.78, 5) is 28.2. The molecule has 0 aliphatic carbocycles. The summed E-state index contributed by atoms with van der Waals surface area (Å²) < 4.78 is 2.16. The van der Waals surface area contributed by atoms with Crippen molar-refractivity contribution in [2.75, 3.05) is 13.1 Å². The molecule has 0 radical (unpaired) electrons. The first kappa shape index (κ1) is 20.9. The van der Waals surface area contributed by atoms with E-state index in [0.29, 0.717) is 11.3 Å². The van der Waals surface area contributed by atoms with Gasteiger partial charge < -0.3 is 14.8 Å². The van der Waals surface area contributed by atoms with Gasteiger partial charge in [-0.05, 0) is 44.0 Å². The maximum Gasteiger partial charge on any atom is 0.270 e. The number of hydrogen-bond acceptors (Lipinski definition) is 2. The van der Waals surface area contributed by atoms with E-state index in [9.17, 15) is 9.59 Å². The summed E-state index contributed by atoms with van der Waals surface area (Å²) in [5.74, 6) is -0.381. The van der Waals surface area contributed by atoms with E-state index in [0.717, 1.165) is 61.8 Å². The third kappa shape index (κ3) is 4.71. The zero-order valence-electron chi connectivity index (χ0n) is 18.0. The fraction of sp³-hybridized carbons (Fsp3) is 0.308. The Labute approximate surface area is 183 Å². The van der Waals surface area contributed by atoms with Crippen molar-refractivity contribution < 1.29 is 9.59 Å². The second-order valence-corrected chi connectivity index (χ2v) is 7.97. The SMILES string of the molecule is CCn1cc(/C=C(\NC(=O)c2ccccc2)C(=O)N2CCCCCC2)c2ccccc21. The van der Waals surface area contributed by atoms with Gasteiger partial charge in [0.1, 0.15) is 5.70 Å². The Morgan fingerprint density at radius 2 is 1.61 bits per heavy atom. The molecular weight excluding hydrogens is 386 g/mol. The van der Waals surface area contributed by atoms with Crippen molar-refractivity contribution >= 4 is 28.8 Å². The highest BCUT2D eigenvalue weighted by atomic mass is 16.2. The van der Waals surface area contributed by atoms with Crippen molar-refractivity contribution in [3.8, 4) is 0 Å². The molecule has 1 fully saturated rings. The van der Waals surface area contributed by atoms with Crippen LogP contribution in [0.4, 0.5) is 0 Å². The molecule has 0 atom stereocenters. The lowest BCUT2D eigenvalue weighted by atomic mass is 10.1. The number of nitrogens with zero attached hydrogens (tertiary/aromatic N) is 2. The van der Waals surface area contributed by atoms with Crippen LogP contribution in [0, 0.1) is 0 Å². The zero-order chi connectivity index (χ0) is 21.6. The Morgan fingerprint density at radius 3 is 2.32 bits per heavy atom. The summed E-state index contributed by atoms with van der Waals surface area (Å²) in [5, 5.41) is 3.98. The molecule has 5 nitrogen and oxygen atoms in total. The summed E-state index contributed by atoms with van der Waals surface area (Å²) >= 11 is 0. The third-order valence-electron chi connectivity index (χ3n) is 5.87. The minimum atomic E-state index is -0.269. The van der Waals surface area contributed by atoms with E-state index in [4.69, 9.17) is 0 Å². The van der Waals surface area contributed by atoms with Crippen molar-refractivity contribution in [1.82, 2.24) is 14.8 Å². The third-order valence-corrected chi connectivity index (χ3v) is 5.87. The van der Waals surface area contributed by atoms with Gasteiger partial charge in [-0.3, -0.25) is 9.59 Å². The van der Waals surface area contributed by atoms with E-state index in [2.05, 4.69) is 35.1 Å². The average molecular weight is 416 g/mol. The van der Waals surface area contributed by atoms with E-state index in [-0.39, 0.29) is 11.8 Å². The molecule has 31 heavy (non-hydrogen) atoms. The minimum absolute atomic E-state index is 0.112. The maximum atomic E-state index is 13.5. The maximum absolute atomic E-state index is 13.5. The number of hydrogen-bond donors (Lipinski definition) is 1. The Morgan fingerprint density at radius 1 is 0.935 bits per heavy atom. The molecule has 1 N–H and O–H groups in total. The van der Waals surface area contributed by atoms with Gasteiger partial charge in [0.05, 0.1) is 0 Å². The Balaban J connectivity index is 1.73. The Bertz CT molecular complexity index is 1090. The van der Waals surface area contributed by atoms with E-state index in [1.807, 2.05) is 41.3 Å². The molecule has 1 aliphatic heterocycles. The van der Waals surface area contributed by atoms with Crippen molar-refractivity contribution in [2.24, 2.45) is 0 Å². The van der Waals surface area contributed by atoms with Crippen LogP contribution in [0.25, 0.3) is 17.0 Å². The fourth-order valence-corrected chi connectivity index (χ4v) is 4.19. The van der Waals surface area contributed by atoms with E-state index < -0.39 is 0 Å². The number of benzene rings is 2. The van der Waals surface area contributed by atoms with Crippen LogP contribution in [0.5, 0.6) is 0 Å². The molecule has 3 aromatic rings. The van der Waals surface area contributed by atoms with Gasteiger partial charge in [0.2, 0.25) is 0 Å². The molecule has 2 amide bonds. The quantitative estimate of drug-likeness (QED) is 0.607. The molecule has 0 saturated carbocycles. The fourth-order valence-electron chi connectivity index (χ4n) is 4.19. The van der Waals surface area contributed by atoms with Crippen LogP contribution in [0.3, 0.4) is 0 Å². The summed E-state index contributed by atoms with van der Waals surface area (Å²) in [5.41, 5.74) is 2.92. The summed E-state index contributed by atoms with van der Waals surface area (Å²) in [6.07, 6.45) is 8.17. The minimum Gasteiger partial charge on any atom is -0.347 e. The Hall–Kier alpha value is -3.34. The molecule has 1 aromatic heterocycles. The predicted octanol–water partition coefficient (Wildman–Crippen LogP) is 4.83. The number of fused-ring (bicyclic) bond motifs is 1. The molecule has 2 aromatic carbocycles. The van der Waals surface area contributed by atoms with Gasteiger partial charge in [-0.15, -0.1) is 0 Å². The highest BCUT2D eigenvalue weighted by Crippen LogP contribution is 2.24. The standard InChI is InChI=1S/C26H29N3O2/c1-2-28-19-21(22-14-8-9-15-24(22)28)18-23(26(31)29-16-10-3-4-11-17-29)27-25(30)20-12-6-5-7-13-20/h5-9,12-15,18-19H,2-4,10-11,16-17H2,1H3,(H,27,30)/b23-18-. The van der Waals surface area contributed by atoms with Crippen LogP contribution in [0.2, 0.25) is 0 Å². The number of carbonyl (C=O) groups excluding carboxylic acids is 2. The van der Waals surface area contributed by atoms with Crippen LogP contribution < -0.4 is 5.32 Å². The molecule has 160 valence electrons. The first-order chi connectivity index (χ1) is 15.2. The largest absolute Gasteiger partial charge is 0.347 e. The lowest BCUT2D eigenvalue weighted by molar-refractivity contribution is -0.127. The average Bonchev–Trinajstić information content (AvgIpc) is 2.97. The second kappa shape index (κ2) is 9.65. The first-order valence-electron chi connectivity index (χ1n) is 11.1. The smallest absolute Gasteiger partial charge is 0.270 e. The number of carbonyl (C=O) groups is 2. The number of nitrogens with one attached hydrogen (secondary N) is 1. The molecule has 0 spiro atoms. The highest BCUT2D eigenvalue weighted by Gasteiger charge is 2.22. The molecule has 4 rings (SSSR count).